The first kappa shape index (κ1) is 11.1. The van der Waals surface area contributed by atoms with E-state index >= 15 is 0 Å². The van der Waals surface area contributed by atoms with Gasteiger partial charge < -0.3 is 20.9 Å². The molecule has 16 heavy (non-hydrogen) atoms. The largest absolute Gasteiger partial charge is 0.495 e. The highest BCUT2D eigenvalue weighted by Crippen LogP contribution is 2.38. The molecule has 4 N–H and O–H groups in total. The highest BCUT2D eigenvalue weighted by atomic mass is 16.5. The minimum Gasteiger partial charge on any atom is -0.495 e. The van der Waals surface area contributed by atoms with Gasteiger partial charge in [0, 0.05) is 0 Å². The molecule has 4 nitrogen and oxygen atoms in total. The highest BCUT2D eigenvalue weighted by Gasteiger charge is 2.36. The van der Waals surface area contributed by atoms with Crippen LogP contribution in [0.15, 0.2) is 18.2 Å². The Balaban J connectivity index is 2.21. The number of para-hydroxylation sites is 1. The molecule has 1 fully saturated rings. The zero-order valence-electron chi connectivity index (χ0n) is 9.49. The molecule has 4 heteroatoms. The zero-order chi connectivity index (χ0) is 11.6. The van der Waals surface area contributed by atoms with Gasteiger partial charge >= 0.3 is 0 Å². The Bertz CT molecular complexity index is 370. The lowest BCUT2D eigenvalue weighted by Gasteiger charge is -2.42. The standard InChI is InChI=1S/C12H18N2O2/c1-16-10-5-2-4-9(11(10)13)14-12(8-15)6-3-7-12/h2,4-5,14-15H,3,6-8,13H2,1H3. The Kier molecular flexibility index (Phi) is 2.92. The van der Waals surface area contributed by atoms with Gasteiger partial charge in [0.25, 0.3) is 0 Å². The van der Waals surface area contributed by atoms with Crippen LogP contribution in [0.4, 0.5) is 11.4 Å². The molecule has 2 rings (SSSR count). The van der Waals surface area contributed by atoms with Gasteiger partial charge in [-0.1, -0.05) is 6.07 Å². The van der Waals surface area contributed by atoms with Crippen LogP contribution in [0.3, 0.4) is 0 Å². The summed E-state index contributed by atoms with van der Waals surface area (Å²) in [6.45, 7) is 0.143. The lowest BCUT2D eigenvalue weighted by molar-refractivity contribution is 0.144. The van der Waals surface area contributed by atoms with Crippen LogP contribution in [-0.2, 0) is 0 Å². The first-order chi connectivity index (χ1) is 7.71. The SMILES string of the molecule is COc1cccc(NC2(CO)CCC2)c1N. The molecule has 0 unspecified atom stereocenters. The number of nitrogen functional groups attached to an aromatic ring is 1. The molecule has 88 valence electrons. The second-order valence-corrected chi connectivity index (χ2v) is 4.34. The Morgan fingerprint density at radius 3 is 2.75 bits per heavy atom. The van der Waals surface area contributed by atoms with E-state index in [0.717, 1.165) is 24.9 Å². The van der Waals surface area contributed by atoms with E-state index in [2.05, 4.69) is 5.32 Å². The minimum absolute atomic E-state index is 0.143. The summed E-state index contributed by atoms with van der Waals surface area (Å²) in [6, 6.07) is 5.63. The molecule has 1 aromatic rings. The van der Waals surface area contributed by atoms with Crippen molar-refractivity contribution in [3.8, 4) is 5.75 Å². The number of anilines is 2. The summed E-state index contributed by atoms with van der Waals surface area (Å²) < 4.78 is 5.16. The second-order valence-electron chi connectivity index (χ2n) is 4.34. The summed E-state index contributed by atoms with van der Waals surface area (Å²) in [5, 5.41) is 12.7. The summed E-state index contributed by atoms with van der Waals surface area (Å²) in [5.74, 6) is 0.664. The maximum Gasteiger partial charge on any atom is 0.143 e. The molecule has 0 spiro atoms. The maximum atomic E-state index is 9.38. The number of aliphatic hydroxyl groups excluding tert-OH is 1. The van der Waals surface area contributed by atoms with Gasteiger partial charge in [0.05, 0.1) is 30.6 Å². The number of nitrogens with one attached hydrogen (secondary N) is 1. The van der Waals surface area contributed by atoms with Crippen LogP contribution in [0, 0.1) is 0 Å². The fourth-order valence-electron chi connectivity index (χ4n) is 2.04. The summed E-state index contributed by atoms with van der Waals surface area (Å²) in [7, 11) is 1.60. The molecule has 1 saturated carbocycles. The number of hydrogen-bond acceptors (Lipinski definition) is 4. The first-order valence-corrected chi connectivity index (χ1v) is 5.52. The molecule has 0 aliphatic heterocycles. The third-order valence-corrected chi connectivity index (χ3v) is 3.30. The van der Waals surface area contributed by atoms with E-state index in [0.29, 0.717) is 11.4 Å². The normalized spacial score (nSPS) is 17.6. The highest BCUT2D eigenvalue weighted by molar-refractivity contribution is 5.73. The van der Waals surface area contributed by atoms with E-state index in [1.54, 1.807) is 7.11 Å². The fourth-order valence-corrected chi connectivity index (χ4v) is 2.04. The molecule has 0 bridgehead atoms. The van der Waals surface area contributed by atoms with E-state index in [-0.39, 0.29) is 12.1 Å². The van der Waals surface area contributed by atoms with E-state index in [4.69, 9.17) is 10.5 Å². The van der Waals surface area contributed by atoms with Gasteiger partial charge in [0.1, 0.15) is 5.75 Å². The zero-order valence-corrected chi connectivity index (χ0v) is 9.49. The van der Waals surface area contributed by atoms with Crippen molar-refractivity contribution in [3.63, 3.8) is 0 Å². The Morgan fingerprint density at radius 2 is 2.25 bits per heavy atom. The van der Waals surface area contributed by atoms with Crippen LogP contribution in [0.1, 0.15) is 19.3 Å². The summed E-state index contributed by atoms with van der Waals surface area (Å²) in [4.78, 5) is 0. The van der Waals surface area contributed by atoms with Crippen molar-refractivity contribution in [1.82, 2.24) is 0 Å². The molecule has 0 amide bonds. The van der Waals surface area contributed by atoms with Gasteiger partial charge in [-0.3, -0.25) is 0 Å². The van der Waals surface area contributed by atoms with Crippen molar-refractivity contribution in [2.45, 2.75) is 24.8 Å². The predicted molar refractivity (Wildman–Crippen MR) is 64.7 cm³/mol. The topological polar surface area (TPSA) is 67.5 Å². The van der Waals surface area contributed by atoms with E-state index in [9.17, 15) is 5.11 Å². The molecule has 1 aliphatic rings. The van der Waals surface area contributed by atoms with Crippen LogP contribution in [-0.4, -0.2) is 24.4 Å². The molecule has 0 saturated heterocycles. The third-order valence-electron chi connectivity index (χ3n) is 3.30. The number of aliphatic hydroxyl groups is 1. The quantitative estimate of drug-likeness (QED) is 0.677. The lowest BCUT2D eigenvalue weighted by Crippen LogP contribution is -2.48. The number of ether oxygens (including phenoxy) is 1. The Hall–Kier alpha value is -1.42. The third kappa shape index (κ3) is 1.80. The van der Waals surface area contributed by atoms with Crippen LogP contribution >= 0.6 is 0 Å². The average molecular weight is 222 g/mol. The smallest absolute Gasteiger partial charge is 0.143 e. The molecule has 0 heterocycles. The van der Waals surface area contributed by atoms with Gasteiger partial charge in [-0.05, 0) is 31.4 Å². The van der Waals surface area contributed by atoms with Gasteiger partial charge in [0.15, 0.2) is 0 Å². The predicted octanol–water partition coefficient (Wildman–Crippen LogP) is 1.60. The Morgan fingerprint density at radius 1 is 1.50 bits per heavy atom. The summed E-state index contributed by atoms with van der Waals surface area (Å²) in [6.07, 6.45) is 3.12. The second kappa shape index (κ2) is 4.22. The maximum absolute atomic E-state index is 9.38. The number of nitrogens with two attached hydrogens (primary N) is 1. The molecule has 0 radical (unpaired) electrons. The minimum atomic E-state index is -0.180. The summed E-state index contributed by atoms with van der Waals surface area (Å²) in [5.41, 5.74) is 7.23. The molecule has 1 aliphatic carbocycles. The number of methoxy groups -OCH3 is 1. The van der Waals surface area contributed by atoms with E-state index < -0.39 is 0 Å². The van der Waals surface area contributed by atoms with Crippen molar-refractivity contribution >= 4 is 11.4 Å². The average Bonchev–Trinajstić information content (AvgIpc) is 2.25. The van der Waals surface area contributed by atoms with Gasteiger partial charge in [-0.2, -0.15) is 0 Å². The van der Waals surface area contributed by atoms with Crippen molar-refractivity contribution in [1.29, 1.82) is 0 Å². The number of hydrogen-bond donors (Lipinski definition) is 3. The number of benzene rings is 1. The van der Waals surface area contributed by atoms with Gasteiger partial charge in [0.2, 0.25) is 0 Å². The first-order valence-electron chi connectivity index (χ1n) is 5.52. The molecule has 1 aromatic carbocycles. The van der Waals surface area contributed by atoms with Gasteiger partial charge in [-0.15, -0.1) is 0 Å². The number of rotatable bonds is 4. The molecular formula is C12H18N2O2. The molecular weight excluding hydrogens is 204 g/mol. The van der Waals surface area contributed by atoms with Gasteiger partial charge in [-0.25, -0.2) is 0 Å². The van der Waals surface area contributed by atoms with Crippen LogP contribution < -0.4 is 15.8 Å². The molecule has 0 aromatic heterocycles. The van der Waals surface area contributed by atoms with Crippen molar-refractivity contribution in [2.24, 2.45) is 0 Å². The van der Waals surface area contributed by atoms with E-state index in [1.807, 2.05) is 18.2 Å². The van der Waals surface area contributed by atoms with Crippen LogP contribution in [0.5, 0.6) is 5.75 Å². The lowest BCUT2D eigenvalue weighted by atomic mass is 9.77. The van der Waals surface area contributed by atoms with Crippen molar-refractivity contribution < 1.29 is 9.84 Å². The summed E-state index contributed by atoms with van der Waals surface area (Å²) >= 11 is 0. The van der Waals surface area contributed by atoms with Crippen molar-refractivity contribution in [2.75, 3.05) is 24.8 Å². The van der Waals surface area contributed by atoms with E-state index in [1.165, 1.54) is 0 Å². The fraction of sp³-hybridized carbons (Fsp3) is 0.500. The van der Waals surface area contributed by atoms with Crippen LogP contribution in [0.2, 0.25) is 0 Å². The Labute approximate surface area is 95.4 Å². The van der Waals surface area contributed by atoms with Crippen LogP contribution in [0.25, 0.3) is 0 Å². The van der Waals surface area contributed by atoms with Crippen molar-refractivity contribution in [3.05, 3.63) is 18.2 Å². The monoisotopic (exact) mass is 222 g/mol. The molecule has 0 atom stereocenters.